The van der Waals surface area contributed by atoms with Crippen molar-refractivity contribution in [3.63, 3.8) is 0 Å². The highest BCUT2D eigenvalue weighted by molar-refractivity contribution is 5.95. The lowest BCUT2D eigenvalue weighted by molar-refractivity contribution is -0.137. The van der Waals surface area contributed by atoms with Gasteiger partial charge in [-0.2, -0.15) is 0 Å². The normalized spacial score (nSPS) is 11.8. The molecule has 1 aromatic carbocycles. The molecule has 0 fully saturated rings. The Bertz CT molecular complexity index is 603. The van der Waals surface area contributed by atoms with E-state index in [0.717, 1.165) is 5.56 Å². The number of benzene rings is 1. The molecule has 1 amide bonds. The molecule has 5 heteroatoms. The second kappa shape index (κ2) is 6.06. The molecule has 0 bridgehead atoms. The molecular formula is C15H15NO4. The summed E-state index contributed by atoms with van der Waals surface area (Å²) in [6.07, 6.45) is 1.26. The third-order valence-corrected chi connectivity index (χ3v) is 2.99. The van der Waals surface area contributed by atoms with Crippen molar-refractivity contribution >= 4 is 11.9 Å². The Labute approximate surface area is 116 Å². The van der Waals surface area contributed by atoms with Gasteiger partial charge in [0.2, 0.25) is 0 Å². The monoisotopic (exact) mass is 273 g/mol. The van der Waals surface area contributed by atoms with E-state index in [0.29, 0.717) is 11.3 Å². The summed E-state index contributed by atoms with van der Waals surface area (Å²) in [4.78, 5) is 23.1. The van der Waals surface area contributed by atoms with Gasteiger partial charge in [0.1, 0.15) is 5.76 Å². The molecule has 20 heavy (non-hydrogen) atoms. The van der Waals surface area contributed by atoms with Crippen LogP contribution in [0.15, 0.2) is 47.1 Å². The van der Waals surface area contributed by atoms with E-state index in [1.807, 2.05) is 6.07 Å². The number of furan rings is 1. The van der Waals surface area contributed by atoms with Crippen molar-refractivity contribution in [2.75, 3.05) is 0 Å². The van der Waals surface area contributed by atoms with E-state index >= 15 is 0 Å². The van der Waals surface area contributed by atoms with E-state index in [2.05, 4.69) is 5.32 Å². The van der Waals surface area contributed by atoms with Crippen LogP contribution in [0.4, 0.5) is 0 Å². The van der Waals surface area contributed by atoms with Crippen LogP contribution in [0.3, 0.4) is 0 Å². The number of carbonyl (C=O) groups is 2. The maximum Gasteiger partial charge on any atom is 0.305 e. The molecule has 1 atom stereocenters. The second-order valence-corrected chi connectivity index (χ2v) is 4.43. The lowest BCUT2D eigenvalue weighted by atomic mass is 10.0. The molecule has 0 saturated heterocycles. The van der Waals surface area contributed by atoms with Crippen LogP contribution in [0, 0.1) is 6.92 Å². The molecular weight excluding hydrogens is 258 g/mol. The summed E-state index contributed by atoms with van der Waals surface area (Å²) in [7, 11) is 0. The lowest BCUT2D eigenvalue weighted by Crippen LogP contribution is -2.30. The number of rotatable bonds is 5. The highest BCUT2D eigenvalue weighted by Gasteiger charge is 2.20. The average molecular weight is 273 g/mol. The van der Waals surface area contributed by atoms with Crippen LogP contribution in [0.5, 0.6) is 0 Å². The molecule has 2 aromatic rings. The lowest BCUT2D eigenvalue weighted by Gasteiger charge is -2.17. The number of nitrogens with one attached hydrogen (secondary N) is 1. The SMILES string of the molecule is Cc1occc1C(=O)N[C@H](CC(=O)O)c1ccccc1. The van der Waals surface area contributed by atoms with Crippen molar-refractivity contribution in [2.24, 2.45) is 0 Å². The maximum atomic E-state index is 12.1. The summed E-state index contributed by atoms with van der Waals surface area (Å²) in [5.41, 5.74) is 1.17. The zero-order chi connectivity index (χ0) is 14.5. The number of hydrogen-bond donors (Lipinski definition) is 2. The Morgan fingerprint density at radius 3 is 2.50 bits per heavy atom. The molecule has 1 heterocycles. The maximum absolute atomic E-state index is 12.1. The number of aryl methyl sites for hydroxylation is 1. The van der Waals surface area contributed by atoms with Gasteiger partial charge in [-0.05, 0) is 18.6 Å². The highest BCUT2D eigenvalue weighted by atomic mass is 16.4. The molecule has 0 radical (unpaired) electrons. The van der Waals surface area contributed by atoms with Gasteiger partial charge in [0, 0.05) is 0 Å². The van der Waals surface area contributed by atoms with E-state index in [-0.39, 0.29) is 12.3 Å². The fourth-order valence-corrected chi connectivity index (χ4v) is 1.97. The summed E-state index contributed by atoms with van der Waals surface area (Å²) in [5.74, 6) is -0.806. The fourth-order valence-electron chi connectivity index (χ4n) is 1.97. The summed E-state index contributed by atoms with van der Waals surface area (Å²) >= 11 is 0. The Balaban J connectivity index is 2.18. The summed E-state index contributed by atoms with van der Waals surface area (Å²) in [6.45, 7) is 1.68. The number of carbonyl (C=O) groups excluding carboxylic acids is 1. The van der Waals surface area contributed by atoms with Crippen molar-refractivity contribution in [1.29, 1.82) is 0 Å². The number of carboxylic acid groups (broad SMARTS) is 1. The van der Waals surface area contributed by atoms with Gasteiger partial charge in [0.25, 0.3) is 5.91 Å². The van der Waals surface area contributed by atoms with Crippen LogP contribution >= 0.6 is 0 Å². The first-order chi connectivity index (χ1) is 9.58. The standard InChI is InChI=1S/C15H15NO4/c1-10-12(7-8-20-10)15(19)16-13(9-14(17)18)11-5-3-2-4-6-11/h2-8,13H,9H2,1H3,(H,16,19)(H,17,18)/t13-/m1/s1. The largest absolute Gasteiger partial charge is 0.481 e. The van der Waals surface area contributed by atoms with Crippen molar-refractivity contribution in [3.05, 3.63) is 59.5 Å². The molecule has 0 unspecified atom stereocenters. The van der Waals surface area contributed by atoms with Crippen LogP contribution in [-0.2, 0) is 4.79 Å². The molecule has 0 saturated carbocycles. The summed E-state index contributed by atoms with van der Waals surface area (Å²) < 4.78 is 5.08. The molecule has 2 N–H and O–H groups in total. The van der Waals surface area contributed by atoms with Gasteiger partial charge in [0.05, 0.1) is 24.3 Å². The molecule has 2 rings (SSSR count). The summed E-state index contributed by atoms with van der Waals surface area (Å²) in [5, 5.41) is 11.7. The predicted octanol–water partition coefficient (Wildman–Crippen LogP) is 2.53. The zero-order valence-electron chi connectivity index (χ0n) is 11.0. The van der Waals surface area contributed by atoms with Crippen molar-refractivity contribution in [1.82, 2.24) is 5.32 Å². The van der Waals surface area contributed by atoms with E-state index in [9.17, 15) is 9.59 Å². The number of carboxylic acids is 1. The number of hydrogen-bond acceptors (Lipinski definition) is 3. The van der Waals surface area contributed by atoms with Gasteiger partial charge in [-0.1, -0.05) is 30.3 Å². The minimum Gasteiger partial charge on any atom is -0.481 e. The second-order valence-electron chi connectivity index (χ2n) is 4.43. The van der Waals surface area contributed by atoms with Gasteiger partial charge in [0.15, 0.2) is 0 Å². The van der Waals surface area contributed by atoms with E-state index in [1.54, 1.807) is 37.3 Å². The Hall–Kier alpha value is -2.56. The van der Waals surface area contributed by atoms with Crippen molar-refractivity contribution in [3.8, 4) is 0 Å². The van der Waals surface area contributed by atoms with Crippen LogP contribution < -0.4 is 5.32 Å². The predicted molar refractivity (Wildman–Crippen MR) is 72.3 cm³/mol. The van der Waals surface area contributed by atoms with E-state index in [1.165, 1.54) is 6.26 Å². The molecule has 0 aliphatic carbocycles. The first-order valence-electron chi connectivity index (χ1n) is 6.19. The molecule has 1 aromatic heterocycles. The summed E-state index contributed by atoms with van der Waals surface area (Å²) in [6, 6.07) is 10.0. The van der Waals surface area contributed by atoms with Crippen LogP contribution in [0.1, 0.15) is 34.1 Å². The van der Waals surface area contributed by atoms with Gasteiger partial charge < -0.3 is 14.8 Å². The fraction of sp³-hybridized carbons (Fsp3) is 0.200. The Morgan fingerprint density at radius 2 is 1.95 bits per heavy atom. The number of amides is 1. The van der Waals surface area contributed by atoms with Crippen LogP contribution in [0.2, 0.25) is 0 Å². The topological polar surface area (TPSA) is 79.5 Å². The first-order valence-corrected chi connectivity index (χ1v) is 6.19. The first kappa shape index (κ1) is 13.9. The average Bonchev–Trinajstić information content (AvgIpc) is 2.85. The molecule has 0 spiro atoms. The van der Waals surface area contributed by atoms with E-state index < -0.39 is 12.0 Å². The minimum absolute atomic E-state index is 0.174. The van der Waals surface area contributed by atoms with E-state index in [4.69, 9.17) is 9.52 Å². The number of aliphatic carboxylic acids is 1. The Kier molecular flexibility index (Phi) is 4.20. The molecule has 104 valence electrons. The Morgan fingerprint density at radius 1 is 1.25 bits per heavy atom. The van der Waals surface area contributed by atoms with Crippen molar-refractivity contribution < 1.29 is 19.1 Å². The smallest absolute Gasteiger partial charge is 0.305 e. The van der Waals surface area contributed by atoms with Crippen LogP contribution in [-0.4, -0.2) is 17.0 Å². The molecule has 0 aliphatic heterocycles. The molecule has 5 nitrogen and oxygen atoms in total. The molecule has 0 aliphatic rings. The van der Waals surface area contributed by atoms with Crippen molar-refractivity contribution in [2.45, 2.75) is 19.4 Å². The van der Waals surface area contributed by atoms with Gasteiger partial charge in [-0.3, -0.25) is 9.59 Å². The van der Waals surface area contributed by atoms with Gasteiger partial charge in [-0.25, -0.2) is 0 Å². The minimum atomic E-state index is -0.969. The van der Waals surface area contributed by atoms with Gasteiger partial charge >= 0.3 is 5.97 Å². The van der Waals surface area contributed by atoms with Crippen LogP contribution in [0.25, 0.3) is 0 Å². The highest BCUT2D eigenvalue weighted by Crippen LogP contribution is 2.18. The quantitative estimate of drug-likeness (QED) is 0.877. The zero-order valence-corrected chi connectivity index (χ0v) is 11.0. The third kappa shape index (κ3) is 3.26. The van der Waals surface area contributed by atoms with Gasteiger partial charge in [-0.15, -0.1) is 0 Å². The third-order valence-electron chi connectivity index (χ3n) is 2.99.